The number of thiophene rings is 1. The monoisotopic (exact) mass is 335 g/mol. The van der Waals surface area contributed by atoms with Crippen LogP contribution in [0.4, 0.5) is 0 Å². The van der Waals surface area contributed by atoms with Gasteiger partial charge in [0.15, 0.2) is 0 Å². The van der Waals surface area contributed by atoms with E-state index in [2.05, 4.69) is 9.80 Å². The first-order valence-electron chi connectivity index (χ1n) is 8.71. The van der Waals surface area contributed by atoms with Gasteiger partial charge in [0.1, 0.15) is 0 Å². The maximum Gasteiger partial charge on any atom is 0.254 e. The van der Waals surface area contributed by atoms with E-state index in [0.29, 0.717) is 6.04 Å². The maximum absolute atomic E-state index is 12.6. The van der Waals surface area contributed by atoms with Crippen molar-refractivity contribution in [2.24, 2.45) is 0 Å². The second-order valence-corrected chi connectivity index (χ2v) is 7.56. The molecule has 0 radical (unpaired) electrons. The summed E-state index contributed by atoms with van der Waals surface area (Å²) < 4.78 is 5.96. The molecule has 0 aliphatic carbocycles. The van der Waals surface area contributed by atoms with Gasteiger partial charge in [-0.1, -0.05) is 0 Å². The number of rotatable bonds is 4. The minimum Gasteiger partial charge on any atom is -0.373 e. The van der Waals surface area contributed by atoms with Gasteiger partial charge in [-0.15, -0.1) is 0 Å². The predicted octanol–water partition coefficient (Wildman–Crippen LogP) is 1.37. The van der Waals surface area contributed by atoms with Crippen molar-refractivity contribution in [3.8, 4) is 0 Å². The molecule has 3 fully saturated rings. The molecule has 5 nitrogen and oxygen atoms in total. The van der Waals surface area contributed by atoms with E-state index < -0.39 is 0 Å². The third-order valence-corrected chi connectivity index (χ3v) is 6.06. The fraction of sp³-hybridized carbons (Fsp3) is 0.706. The lowest BCUT2D eigenvalue weighted by molar-refractivity contribution is -0.0487. The molecule has 4 heterocycles. The first kappa shape index (κ1) is 15.6. The summed E-state index contributed by atoms with van der Waals surface area (Å²) in [5, 5.41) is 3.91. The predicted molar refractivity (Wildman–Crippen MR) is 91.0 cm³/mol. The fourth-order valence-corrected chi connectivity index (χ4v) is 4.68. The van der Waals surface area contributed by atoms with Crippen LogP contribution in [-0.4, -0.2) is 85.2 Å². The van der Waals surface area contributed by atoms with Gasteiger partial charge < -0.3 is 14.5 Å². The molecule has 1 aromatic heterocycles. The van der Waals surface area contributed by atoms with Crippen molar-refractivity contribution in [2.75, 3.05) is 52.4 Å². The zero-order valence-electron chi connectivity index (χ0n) is 13.5. The van der Waals surface area contributed by atoms with Gasteiger partial charge in [0, 0.05) is 38.1 Å². The molecule has 4 rings (SSSR count). The van der Waals surface area contributed by atoms with Crippen LogP contribution in [0.1, 0.15) is 23.2 Å². The van der Waals surface area contributed by atoms with E-state index in [-0.39, 0.29) is 12.0 Å². The van der Waals surface area contributed by atoms with E-state index in [1.54, 1.807) is 11.3 Å². The number of carbonyl (C=O) groups excluding carboxylic acids is 1. The zero-order chi connectivity index (χ0) is 15.6. The topological polar surface area (TPSA) is 36.0 Å². The molecule has 0 unspecified atom stereocenters. The van der Waals surface area contributed by atoms with Crippen molar-refractivity contribution in [3.63, 3.8) is 0 Å². The molecule has 2 atom stereocenters. The number of hydrogen-bond acceptors (Lipinski definition) is 5. The summed E-state index contributed by atoms with van der Waals surface area (Å²) in [6.45, 7) is 8.09. The third kappa shape index (κ3) is 3.31. The number of morpholine rings is 1. The van der Waals surface area contributed by atoms with Gasteiger partial charge in [0.25, 0.3) is 5.91 Å². The van der Waals surface area contributed by atoms with E-state index in [1.165, 1.54) is 25.9 Å². The minimum absolute atomic E-state index is 0.156. The Hall–Kier alpha value is -0.950. The van der Waals surface area contributed by atoms with E-state index in [9.17, 15) is 4.79 Å². The van der Waals surface area contributed by atoms with Crippen molar-refractivity contribution < 1.29 is 9.53 Å². The molecule has 3 aliphatic rings. The largest absolute Gasteiger partial charge is 0.373 e. The van der Waals surface area contributed by atoms with Crippen molar-refractivity contribution in [1.82, 2.24) is 14.7 Å². The molecule has 0 bridgehead atoms. The maximum atomic E-state index is 12.6. The van der Waals surface area contributed by atoms with Crippen LogP contribution in [0.2, 0.25) is 0 Å². The summed E-state index contributed by atoms with van der Waals surface area (Å²) in [5.74, 6) is 0.156. The first-order chi connectivity index (χ1) is 11.3. The molecule has 3 saturated heterocycles. The molecule has 0 N–H and O–H groups in total. The minimum atomic E-state index is 0.156. The van der Waals surface area contributed by atoms with Crippen molar-refractivity contribution in [1.29, 1.82) is 0 Å². The fourth-order valence-electron chi connectivity index (χ4n) is 4.05. The first-order valence-corrected chi connectivity index (χ1v) is 9.65. The number of fused-ring (bicyclic) bond motifs is 1. The molecule has 1 aromatic rings. The molecule has 3 aliphatic heterocycles. The van der Waals surface area contributed by atoms with E-state index in [0.717, 1.165) is 44.9 Å². The molecule has 0 spiro atoms. The second kappa shape index (κ2) is 6.89. The summed E-state index contributed by atoms with van der Waals surface area (Å²) in [6, 6.07) is 2.29. The average molecular weight is 335 g/mol. The lowest BCUT2D eigenvalue weighted by Gasteiger charge is -2.37. The van der Waals surface area contributed by atoms with Gasteiger partial charge >= 0.3 is 0 Å². The van der Waals surface area contributed by atoms with E-state index in [1.807, 2.05) is 21.7 Å². The molecule has 126 valence electrons. The smallest absolute Gasteiger partial charge is 0.254 e. The Balaban J connectivity index is 1.37. The Bertz CT molecular complexity index is 530. The SMILES string of the molecule is O=C(c1ccsc1)N1C[C@@H]2OCCN(CCN3CCCC3)[C@@H]2C1. The molecule has 6 heteroatoms. The number of likely N-dealkylation sites (tertiary alicyclic amines) is 2. The highest BCUT2D eigenvalue weighted by atomic mass is 32.1. The van der Waals surface area contributed by atoms with Gasteiger partial charge in [0.2, 0.25) is 0 Å². The van der Waals surface area contributed by atoms with Crippen molar-refractivity contribution in [3.05, 3.63) is 22.4 Å². The number of amides is 1. The van der Waals surface area contributed by atoms with Crippen molar-refractivity contribution in [2.45, 2.75) is 25.0 Å². The van der Waals surface area contributed by atoms with Crippen LogP contribution in [0.5, 0.6) is 0 Å². The summed E-state index contributed by atoms with van der Waals surface area (Å²) in [4.78, 5) is 19.7. The molecule has 0 saturated carbocycles. The Morgan fingerprint density at radius 1 is 1.22 bits per heavy atom. The molecular formula is C17H25N3O2S. The normalized spacial score (nSPS) is 29.1. The Labute approximate surface area is 141 Å². The second-order valence-electron chi connectivity index (χ2n) is 6.78. The highest BCUT2D eigenvalue weighted by Gasteiger charge is 2.41. The standard InChI is InChI=1S/C17H25N3O2S/c21-17(14-3-10-23-13-14)20-11-15-16(12-20)22-9-8-19(15)7-6-18-4-1-2-5-18/h3,10,13,15-16H,1-2,4-9,11-12H2/t15-,16+/m1/s1. The number of hydrogen-bond donors (Lipinski definition) is 0. The van der Waals surface area contributed by atoms with Crippen LogP contribution in [-0.2, 0) is 4.74 Å². The summed E-state index contributed by atoms with van der Waals surface area (Å²) in [5.41, 5.74) is 0.817. The summed E-state index contributed by atoms with van der Waals surface area (Å²) in [7, 11) is 0. The van der Waals surface area contributed by atoms with Crippen LogP contribution in [0.3, 0.4) is 0 Å². The van der Waals surface area contributed by atoms with E-state index in [4.69, 9.17) is 4.74 Å². The average Bonchev–Trinajstić information content (AvgIpc) is 3.33. The van der Waals surface area contributed by atoms with Crippen LogP contribution in [0, 0.1) is 0 Å². The van der Waals surface area contributed by atoms with Crippen LogP contribution in [0.25, 0.3) is 0 Å². The lowest BCUT2D eigenvalue weighted by atomic mass is 10.1. The van der Waals surface area contributed by atoms with Crippen molar-refractivity contribution >= 4 is 17.2 Å². The van der Waals surface area contributed by atoms with Gasteiger partial charge in [-0.05, 0) is 37.4 Å². The summed E-state index contributed by atoms with van der Waals surface area (Å²) >= 11 is 1.58. The molecule has 0 aromatic carbocycles. The quantitative estimate of drug-likeness (QED) is 0.833. The number of ether oxygens (including phenoxy) is 1. The number of carbonyl (C=O) groups is 1. The Morgan fingerprint density at radius 2 is 2.09 bits per heavy atom. The van der Waals surface area contributed by atoms with Crippen LogP contribution >= 0.6 is 11.3 Å². The highest BCUT2D eigenvalue weighted by molar-refractivity contribution is 7.08. The van der Waals surface area contributed by atoms with Crippen LogP contribution in [0.15, 0.2) is 16.8 Å². The van der Waals surface area contributed by atoms with Gasteiger partial charge in [-0.25, -0.2) is 0 Å². The molecular weight excluding hydrogens is 310 g/mol. The molecule has 23 heavy (non-hydrogen) atoms. The highest BCUT2D eigenvalue weighted by Crippen LogP contribution is 2.25. The third-order valence-electron chi connectivity index (χ3n) is 5.37. The molecule has 1 amide bonds. The lowest BCUT2D eigenvalue weighted by Crippen LogP contribution is -2.52. The van der Waals surface area contributed by atoms with Gasteiger partial charge in [-0.3, -0.25) is 9.69 Å². The zero-order valence-corrected chi connectivity index (χ0v) is 14.3. The number of nitrogens with zero attached hydrogens (tertiary/aromatic N) is 3. The van der Waals surface area contributed by atoms with E-state index >= 15 is 0 Å². The Morgan fingerprint density at radius 3 is 2.87 bits per heavy atom. The van der Waals surface area contributed by atoms with Crippen LogP contribution < -0.4 is 0 Å². The Kier molecular flexibility index (Phi) is 4.66. The van der Waals surface area contributed by atoms with Gasteiger partial charge in [-0.2, -0.15) is 11.3 Å². The van der Waals surface area contributed by atoms with Gasteiger partial charge in [0.05, 0.1) is 24.3 Å². The summed E-state index contributed by atoms with van der Waals surface area (Å²) in [6.07, 6.45) is 2.88.